The molecule has 0 aliphatic heterocycles. The van der Waals surface area contributed by atoms with Gasteiger partial charge in [-0.25, -0.2) is 0 Å². The van der Waals surface area contributed by atoms with Gasteiger partial charge in [0.25, 0.3) is 0 Å². The zero-order valence-corrected chi connectivity index (χ0v) is 21.6. The fraction of sp³-hybridized carbons (Fsp3) is 0.929. The topological polar surface area (TPSA) is 52.6 Å². The van der Waals surface area contributed by atoms with E-state index in [0.717, 1.165) is 25.7 Å². The van der Waals surface area contributed by atoms with E-state index in [1.54, 1.807) is 0 Å². The van der Waals surface area contributed by atoms with Crippen molar-refractivity contribution in [3.63, 3.8) is 0 Å². The summed E-state index contributed by atoms with van der Waals surface area (Å²) in [5.41, 5.74) is 0. The lowest BCUT2D eigenvalue weighted by atomic mass is 10.1. The molecule has 0 radical (unpaired) electrons. The highest BCUT2D eigenvalue weighted by Crippen LogP contribution is 2.12. The summed E-state index contributed by atoms with van der Waals surface area (Å²) in [6, 6.07) is 0. The first-order chi connectivity index (χ1) is 15.7. The summed E-state index contributed by atoms with van der Waals surface area (Å²) in [6.45, 7) is 5.44. The van der Waals surface area contributed by atoms with Crippen molar-refractivity contribution in [1.29, 1.82) is 0 Å². The Labute approximate surface area is 199 Å². The molecule has 0 atom stereocenters. The number of carbonyl (C=O) groups excluding carboxylic acids is 2. The van der Waals surface area contributed by atoms with Crippen LogP contribution in [0.2, 0.25) is 0 Å². The van der Waals surface area contributed by atoms with Crippen molar-refractivity contribution >= 4 is 11.9 Å². The first kappa shape index (κ1) is 30.9. The van der Waals surface area contributed by atoms with Gasteiger partial charge in [-0.05, 0) is 12.8 Å². The maximum Gasteiger partial charge on any atom is 0.306 e. The Morgan fingerprint density at radius 3 is 0.938 bits per heavy atom. The fourth-order valence-corrected chi connectivity index (χ4v) is 3.90. The van der Waals surface area contributed by atoms with E-state index in [1.165, 1.54) is 103 Å². The standard InChI is InChI=1S/C28H54O4/c1-3-5-7-9-11-13-14-15-16-18-20-22-26-32-28(30)24-23-27(29)31-25-21-19-17-12-10-8-6-4-2/h3-26H2,1-2H3. The quantitative estimate of drug-likeness (QED) is 0.102. The first-order valence-electron chi connectivity index (χ1n) is 14.0. The predicted molar refractivity (Wildman–Crippen MR) is 135 cm³/mol. The first-order valence-corrected chi connectivity index (χ1v) is 14.0. The second kappa shape index (κ2) is 26.2. The number of esters is 2. The zero-order valence-electron chi connectivity index (χ0n) is 21.6. The molecule has 0 spiro atoms. The van der Waals surface area contributed by atoms with Crippen LogP contribution in [0.3, 0.4) is 0 Å². The van der Waals surface area contributed by atoms with Crippen molar-refractivity contribution in [3.8, 4) is 0 Å². The molecule has 0 aromatic heterocycles. The summed E-state index contributed by atoms with van der Waals surface area (Å²) >= 11 is 0. The smallest absolute Gasteiger partial charge is 0.306 e. The molecule has 0 bridgehead atoms. The monoisotopic (exact) mass is 454 g/mol. The van der Waals surface area contributed by atoms with Gasteiger partial charge in [0.1, 0.15) is 0 Å². The summed E-state index contributed by atoms with van der Waals surface area (Å²) in [7, 11) is 0. The Hall–Kier alpha value is -1.06. The highest BCUT2D eigenvalue weighted by molar-refractivity contribution is 5.77. The third-order valence-electron chi connectivity index (χ3n) is 6.06. The lowest BCUT2D eigenvalue weighted by Gasteiger charge is -2.06. The third kappa shape index (κ3) is 25.2. The van der Waals surface area contributed by atoms with Crippen LogP contribution < -0.4 is 0 Å². The molecule has 4 nitrogen and oxygen atoms in total. The highest BCUT2D eigenvalue weighted by Gasteiger charge is 2.09. The van der Waals surface area contributed by atoms with Gasteiger partial charge in [0, 0.05) is 0 Å². The molecule has 0 saturated heterocycles. The Morgan fingerprint density at radius 2 is 0.656 bits per heavy atom. The molecule has 0 aromatic rings. The van der Waals surface area contributed by atoms with Crippen LogP contribution in [0, 0.1) is 0 Å². The van der Waals surface area contributed by atoms with E-state index in [-0.39, 0.29) is 24.8 Å². The predicted octanol–water partition coefficient (Wildman–Crippen LogP) is 8.69. The molecule has 0 N–H and O–H groups in total. The van der Waals surface area contributed by atoms with E-state index >= 15 is 0 Å². The van der Waals surface area contributed by atoms with Crippen molar-refractivity contribution in [1.82, 2.24) is 0 Å². The summed E-state index contributed by atoms with van der Waals surface area (Å²) < 4.78 is 10.4. The molecule has 4 heteroatoms. The molecule has 0 unspecified atom stereocenters. The number of hydrogen-bond acceptors (Lipinski definition) is 4. The van der Waals surface area contributed by atoms with Crippen LogP contribution in [0.4, 0.5) is 0 Å². The molecule has 190 valence electrons. The van der Waals surface area contributed by atoms with Gasteiger partial charge in [-0.2, -0.15) is 0 Å². The molecular formula is C28H54O4. The van der Waals surface area contributed by atoms with Crippen molar-refractivity contribution in [2.24, 2.45) is 0 Å². The van der Waals surface area contributed by atoms with Gasteiger partial charge >= 0.3 is 11.9 Å². The normalized spacial score (nSPS) is 10.9. The van der Waals surface area contributed by atoms with E-state index < -0.39 is 0 Å². The Morgan fingerprint density at radius 1 is 0.406 bits per heavy atom. The van der Waals surface area contributed by atoms with Crippen LogP contribution in [0.15, 0.2) is 0 Å². The number of hydrogen-bond donors (Lipinski definition) is 0. The van der Waals surface area contributed by atoms with Gasteiger partial charge in [-0.3, -0.25) is 9.59 Å². The number of ether oxygens (including phenoxy) is 2. The van der Waals surface area contributed by atoms with Gasteiger partial charge in [0.2, 0.25) is 0 Å². The molecule has 0 aromatic carbocycles. The van der Waals surface area contributed by atoms with Crippen LogP contribution in [0.1, 0.15) is 155 Å². The molecule has 0 rings (SSSR count). The van der Waals surface area contributed by atoms with Crippen molar-refractivity contribution in [3.05, 3.63) is 0 Å². The summed E-state index contributed by atoms with van der Waals surface area (Å²) in [5, 5.41) is 0. The molecule has 32 heavy (non-hydrogen) atoms. The van der Waals surface area contributed by atoms with E-state index in [0.29, 0.717) is 13.2 Å². The van der Waals surface area contributed by atoms with Crippen molar-refractivity contribution < 1.29 is 19.1 Å². The van der Waals surface area contributed by atoms with Gasteiger partial charge in [-0.15, -0.1) is 0 Å². The summed E-state index contributed by atoms with van der Waals surface area (Å²) in [6.07, 6.45) is 25.6. The minimum Gasteiger partial charge on any atom is -0.466 e. The number of unbranched alkanes of at least 4 members (excludes halogenated alkanes) is 18. The molecular weight excluding hydrogens is 400 g/mol. The zero-order chi connectivity index (χ0) is 23.5. The molecule has 0 heterocycles. The minimum atomic E-state index is -0.282. The van der Waals surface area contributed by atoms with Gasteiger partial charge < -0.3 is 9.47 Å². The Kier molecular flexibility index (Phi) is 25.3. The largest absolute Gasteiger partial charge is 0.466 e. The number of carbonyl (C=O) groups is 2. The maximum atomic E-state index is 11.7. The van der Waals surface area contributed by atoms with E-state index in [4.69, 9.17) is 9.47 Å². The van der Waals surface area contributed by atoms with E-state index in [1.807, 2.05) is 0 Å². The highest BCUT2D eigenvalue weighted by atomic mass is 16.5. The Bertz CT molecular complexity index is 408. The molecule has 0 aliphatic rings. The molecule has 0 saturated carbocycles. The summed E-state index contributed by atoms with van der Waals surface area (Å²) in [5.74, 6) is -0.563. The average molecular weight is 455 g/mol. The third-order valence-corrected chi connectivity index (χ3v) is 6.06. The lowest BCUT2D eigenvalue weighted by molar-refractivity contribution is -0.150. The van der Waals surface area contributed by atoms with Gasteiger partial charge in [0.05, 0.1) is 26.1 Å². The van der Waals surface area contributed by atoms with Crippen LogP contribution in [0.25, 0.3) is 0 Å². The molecule has 0 amide bonds. The molecule has 0 fully saturated rings. The molecule has 0 aliphatic carbocycles. The van der Waals surface area contributed by atoms with E-state index in [9.17, 15) is 9.59 Å². The van der Waals surface area contributed by atoms with Crippen LogP contribution in [-0.4, -0.2) is 25.2 Å². The maximum absolute atomic E-state index is 11.7. The second-order valence-corrected chi connectivity index (χ2v) is 9.30. The van der Waals surface area contributed by atoms with Gasteiger partial charge in [-0.1, -0.05) is 129 Å². The average Bonchev–Trinajstić information content (AvgIpc) is 2.79. The van der Waals surface area contributed by atoms with E-state index in [2.05, 4.69) is 13.8 Å². The van der Waals surface area contributed by atoms with Crippen LogP contribution in [-0.2, 0) is 19.1 Å². The minimum absolute atomic E-state index is 0.133. The number of rotatable bonds is 25. The van der Waals surface area contributed by atoms with Crippen molar-refractivity contribution in [2.75, 3.05) is 13.2 Å². The van der Waals surface area contributed by atoms with Gasteiger partial charge in [0.15, 0.2) is 0 Å². The fourth-order valence-electron chi connectivity index (χ4n) is 3.90. The van der Waals surface area contributed by atoms with Crippen LogP contribution >= 0.6 is 0 Å². The van der Waals surface area contributed by atoms with Crippen molar-refractivity contribution in [2.45, 2.75) is 155 Å². The Balaban J connectivity index is 3.29. The van der Waals surface area contributed by atoms with Crippen LogP contribution in [0.5, 0.6) is 0 Å². The second-order valence-electron chi connectivity index (χ2n) is 9.30. The lowest BCUT2D eigenvalue weighted by Crippen LogP contribution is -2.11. The SMILES string of the molecule is CCCCCCCCCCCCCCOC(=O)CCC(=O)OCCCCCCCCCC. The summed E-state index contributed by atoms with van der Waals surface area (Å²) in [4.78, 5) is 23.5.